The lowest BCUT2D eigenvalue weighted by atomic mass is 9.99. The molecule has 0 radical (unpaired) electrons. The summed E-state index contributed by atoms with van der Waals surface area (Å²) in [4.78, 5) is 24.9. The molecule has 0 heterocycles. The topological polar surface area (TPSA) is 105 Å². The number of hydrogen-bond donors (Lipinski definition) is 2. The van der Waals surface area contributed by atoms with Gasteiger partial charge in [-0.3, -0.25) is 4.79 Å². The minimum Gasteiger partial charge on any atom is -0.494 e. The maximum absolute atomic E-state index is 12.8. The van der Waals surface area contributed by atoms with Gasteiger partial charge in [-0.15, -0.1) is 0 Å². The molecule has 4 rings (SSSR count). The first-order chi connectivity index (χ1) is 22.4. The highest BCUT2D eigenvalue weighted by atomic mass is 16.5. The molecule has 0 atom stereocenters. The Bertz CT molecular complexity index is 1540. The van der Waals surface area contributed by atoms with Gasteiger partial charge in [-0.25, -0.2) is 4.79 Å². The normalized spacial score (nSPS) is 11.1. The van der Waals surface area contributed by atoms with E-state index in [1.165, 1.54) is 24.8 Å². The van der Waals surface area contributed by atoms with Crippen LogP contribution in [0, 0.1) is 0 Å². The van der Waals surface area contributed by atoms with Crippen molar-refractivity contribution in [2.75, 3.05) is 24.7 Å². The summed E-state index contributed by atoms with van der Waals surface area (Å²) in [7, 11) is 0. The summed E-state index contributed by atoms with van der Waals surface area (Å²) in [6.45, 7) is 3.23. The number of carbonyl (C=O) groups excluding carboxylic acids is 2. The number of hydrogen-bond acceptors (Lipinski definition) is 6. The summed E-state index contributed by atoms with van der Waals surface area (Å²) >= 11 is 0. The number of aryl methyl sites for hydroxylation is 1. The molecule has 0 aliphatic rings. The number of carbonyl (C=O) groups is 2. The van der Waals surface area contributed by atoms with Gasteiger partial charge in [-0.1, -0.05) is 106 Å². The first-order valence-corrected chi connectivity index (χ1v) is 16.4. The molecule has 4 aromatic rings. The summed E-state index contributed by atoms with van der Waals surface area (Å²) in [6.07, 6.45) is 13.1. The molecule has 0 bridgehead atoms. The molecule has 0 spiro atoms. The van der Waals surface area contributed by atoms with E-state index >= 15 is 0 Å². The summed E-state index contributed by atoms with van der Waals surface area (Å²) in [5.41, 5.74) is 18.0. The molecule has 0 fully saturated rings. The molecule has 6 heteroatoms. The number of unbranched alkanes of at least 4 members (excludes halogenated alkanes) is 6. The van der Waals surface area contributed by atoms with Crippen LogP contribution in [-0.2, 0) is 11.2 Å². The van der Waals surface area contributed by atoms with Gasteiger partial charge in [0.15, 0.2) is 5.78 Å². The Hall–Kier alpha value is -4.84. The van der Waals surface area contributed by atoms with Gasteiger partial charge >= 0.3 is 5.97 Å². The average molecular weight is 619 g/mol. The van der Waals surface area contributed by atoms with E-state index in [1.807, 2.05) is 54.6 Å². The Balaban J connectivity index is 1.10. The van der Waals surface area contributed by atoms with Crippen molar-refractivity contribution in [3.8, 4) is 16.9 Å². The fourth-order valence-corrected chi connectivity index (χ4v) is 5.18. The Morgan fingerprint density at radius 2 is 1.26 bits per heavy atom. The summed E-state index contributed by atoms with van der Waals surface area (Å²) < 4.78 is 11.2. The second-order valence-corrected chi connectivity index (χ2v) is 11.6. The summed E-state index contributed by atoms with van der Waals surface area (Å²) in [5.74, 6) is 0.380. The molecular weight excluding hydrogens is 572 g/mol. The van der Waals surface area contributed by atoms with Crippen LogP contribution in [0.4, 0.5) is 11.4 Å². The number of anilines is 2. The second-order valence-electron chi connectivity index (χ2n) is 11.6. The molecule has 46 heavy (non-hydrogen) atoms. The van der Waals surface area contributed by atoms with Crippen LogP contribution in [0.25, 0.3) is 17.2 Å². The van der Waals surface area contributed by atoms with Crippen LogP contribution in [0.3, 0.4) is 0 Å². The summed E-state index contributed by atoms with van der Waals surface area (Å²) in [6, 6.07) is 29.0. The monoisotopic (exact) mass is 618 g/mol. The first-order valence-electron chi connectivity index (χ1n) is 16.4. The van der Waals surface area contributed by atoms with Crippen molar-refractivity contribution in [3.63, 3.8) is 0 Å². The standard InChI is InChI=1S/C40H46N2O4/c1-2-3-7-10-30-11-16-32(17-12-30)33-18-20-34(21-19-33)39(43)24-15-31-13-22-38(23-14-31)45-25-8-5-4-6-9-26-46-40(44)35-27-36(41)29-37(42)28-35/h11-24,27-29H,2-10,25-26,41-42H2,1H3. The average Bonchev–Trinajstić information content (AvgIpc) is 3.07. The lowest BCUT2D eigenvalue weighted by molar-refractivity contribution is 0.0497. The predicted octanol–water partition coefficient (Wildman–Crippen LogP) is 9.33. The van der Waals surface area contributed by atoms with Gasteiger partial charge in [0.2, 0.25) is 0 Å². The maximum atomic E-state index is 12.8. The Morgan fingerprint density at radius 3 is 1.91 bits per heavy atom. The number of esters is 1. The van der Waals surface area contributed by atoms with E-state index in [-0.39, 0.29) is 5.78 Å². The molecule has 4 N–H and O–H groups in total. The number of allylic oxidation sites excluding steroid dienone is 1. The van der Waals surface area contributed by atoms with Crippen LogP contribution < -0.4 is 16.2 Å². The molecule has 0 aliphatic heterocycles. The molecule has 0 saturated carbocycles. The van der Waals surface area contributed by atoms with Crippen LogP contribution in [-0.4, -0.2) is 25.0 Å². The van der Waals surface area contributed by atoms with Crippen molar-refractivity contribution in [2.45, 2.75) is 64.7 Å². The fraction of sp³-hybridized carbons (Fsp3) is 0.300. The molecule has 6 nitrogen and oxygen atoms in total. The van der Waals surface area contributed by atoms with Crippen molar-refractivity contribution in [1.82, 2.24) is 0 Å². The zero-order valence-electron chi connectivity index (χ0n) is 26.9. The number of ketones is 1. The number of nitrogens with two attached hydrogens (primary N) is 2. The van der Waals surface area contributed by atoms with E-state index in [0.717, 1.165) is 61.0 Å². The minimum atomic E-state index is -0.402. The van der Waals surface area contributed by atoms with Crippen molar-refractivity contribution >= 4 is 29.2 Å². The third-order valence-electron chi connectivity index (χ3n) is 7.84. The highest BCUT2D eigenvalue weighted by Crippen LogP contribution is 2.22. The van der Waals surface area contributed by atoms with Crippen LogP contribution in [0.15, 0.2) is 97.1 Å². The van der Waals surface area contributed by atoms with Crippen LogP contribution in [0.2, 0.25) is 0 Å². The molecule has 0 aromatic heterocycles. The zero-order valence-corrected chi connectivity index (χ0v) is 26.9. The van der Waals surface area contributed by atoms with Crippen molar-refractivity contribution in [1.29, 1.82) is 0 Å². The van der Waals surface area contributed by atoms with Crippen molar-refractivity contribution in [2.24, 2.45) is 0 Å². The van der Waals surface area contributed by atoms with Gasteiger partial charge in [0.05, 0.1) is 18.8 Å². The Morgan fingerprint density at radius 1 is 0.652 bits per heavy atom. The highest BCUT2D eigenvalue weighted by Gasteiger charge is 2.09. The molecular formula is C40H46N2O4. The van der Waals surface area contributed by atoms with Crippen LogP contribution in [0.5, 0.6) is 5.75 Å². The SMILES string of the molecule is CCCCCc1ccc(-c2ccc(C(=O)C=Cc3ccc(OCCCCCCCOC(=O)c4cc(N)cc(N)c4)cc3)cc2)cc1. The van der Waals surface area contributed by atoms with E-state index in [4.69, 9.17) is 20.9 Å². The van der Waals surface area contributed by atoms with Crippen molar-refractivity contribution in [3.05, 3.63) is 119 Å². The second kappa shape index (κ2) is 18.2. The molecule has 4 aromatic carbocycles. The third kappa shape index (κ3) is 11.3. The van der Waals surface area contributed by atoms with E-state index < -0.39 is 5.97 Å². The summed E-state index contributed by atoms with van der Waals surface area (Å²) in [5, 5.41) is 0. The lowest BCUT2D eigenvalue weighted by Gasteiger charge is -2.08. The number of rotatable bonds is 18. The predicted molar refractivity (Wildman–Crippen MR) is 189 cm³/mol. The van der Waals surface area contributed by atoms with Gasteiger partial charge in [-0.05, 0) is 84.3 Å². The zero-order chi connectivity index (χ0) is 32.6. The largest absolute Gasteiger partial charge is 0.494 e. The molecule has 0 amide bonds. The first kappa shape index (κ1) is 34.0. The van der Waals surface area contributed by atoms with E-state index in [2.05, 4.69) is 31.2 Å². The highest BCUT2D eigenvalue weighted by molar-refractivity contribution is 6.07. The number of nitrogen functional groups attached to an aromatic ring is 2. The maximum Gasteiger partial charge on any atom is 0.338 e. The molecule has 240 valence electrons. The van der Waals surface area contributed by atoms with E-state index in [9.17, 15) is 9.59 Å². The van der Waals surface area contributed by atoms with Gasteiger partial charge in [0, 0.05) is 16.9 Å². The Labute approximate surface area is 273 Å². The van der Waals surface area contributed by atoms with Crippen molar-refractivity contribution < 1.29 is 19.1 Å². The minimum absolute atomic E-state index is 0.0251. The van der Waals surface area contributed by atoms with Gasteiger partial charge in [-0.2, -0.15) is 0 Å². The van der Waals surface area contributed by atoms with Gasteiger partial charge < -0.3 is 20.9 Å². The van der Waals surface area contributed by atoms with Crippen LogP contribution >= 0.6 is 0 Å². The Kier molecular flexibility index (Phi) is 13.5. The van der Waals surface area contributed by atoms with Gasteiger partial charge in [0.1, 0.15) is 5.75 Å². The lowest BCUT2D eigenvalue weighted by Crippen LogP contribution is -2.08. The van der Waals surface area contributed by atoms with Crippen LogP contribution in [0.1, 0.15) is 90.1 Å². The smallest absolute Gasteiger partial charge is 0.338 e. The van der Waals surface area contributed by atoms with Gasteiger partial charge in [0.25, 0.3) is 0 Å². The van der Waals surface area contributed by atoms with E-state index in [0.29, 0.717) is 35.7 Å². The molecule has 0 unspecified atom stereocenters. The number of benzene rings is 4. The molecule has 0 saturated heterocycles. The quantitative estimate of drug-likeness (QED) is 0.0379. The third-order valence-corrected chi connectivity index (χ3v) is 7.84. The number of ether oxygens (including phenoxy) is 2. The fourth-order valence-electron chi connectivity index (χ4n) is 5.18. The molecule has 0 aliphatic carbocycles. The van der Waals surface area contributed by atoms with E-state index in [1.54, 1.807) is 24.3 Å².